The van der Waals surface area contributed by atoms with Crippen LogP contribution in [0.5, 0.6) is 0 Å². The Hall–Kier alpha value is -3.19. The second kappa shape index (κ2) is 9.31. The summed E-state index contributed by atoms with van der Waals surface area (Å²) in [6.45, 7) is 7.07. The summed E-state index contributed by atoms with van der Waals surface area (Å²) in [4.78, 5) is 15.6. The highest BCUT2D eigenvalue weighted by Gasteiger charge is 2.25. The molecule has 0 spiro atoms. The highest BCUT2D eigenvalue weighted by atomic mass is 19.1. The maximum Gasteiger partial charge on any atom is 0.256 e. The predicted molar refractivity (Wildman–Crippen MR) is 119 cm³/mol. The number of para-hydroxylation sites is 1. The zero-order valence-electron chi connectivity index (χ0n) is 18.0. The van der Waals surface area contributed by atoms with Gasteiger partial charge in [-0.25, -0.2) is 9.07 Å². The molecule has 1 fully saturated rings. The molecule has 1 saturated heterocycles. The van der Waals surface area contributed by atoms with E-state index in [0.29, 0.717) is 17.1 Å². The third-order valence-electron chi connectivity index (χ3n) is 5.60. The van der Waals surface area contributed by atoms with Crippen molar-refractivity contribution >= 4 is 5.91 Å². The van der Waals surface area contributed by atoms with Gasteiger partial charge < -0.3 is 9.88 Å². The Morgan fingerprint density at radius 1 is 1.16 bits per heavy atom. The van der Waals surface area contributed by atoms with E-state index in [9.17, 15) is 9.18 Å². The van der Waals surface area contributed by atoms with E-state index < -0.39 is 5.82 Å². The molecule has 1 N–H and O–H groups in total. The summed E-state index contributed by atoms with van der Waals surface area (Å²) in [5.74, 6) is -0.0580. The lowest BCUT2D eigenvalue weighted by Gasteiger charge is -2.31. The van der Waals surface area contributed by atoms with E-state index >= 15 is 0 Å². The monoisotopic (exact) mass is 421 g/mol. The van der Waals surface area contributed by atoms with Crippen LogP contribution in [0.15, 0.2) is 66.6 Å². The number of amides is 1. The van der Waals surface area contributed by atoms with Crippen LogP contribution in [0.1, 0.15) is 37.0 Å². The van der Waals surface area contributed by atoms with Gasteiger partial charge in [0, 0.05) is 38.1 Å². The van der Waals surface area contributed by atoms with Crippen molar-refractivity contribution in [1.29, 1.82) is 0 Å². The predicted octanol–water partition coefficient (Wildman–Crippen LogP) is 3.96. The SMILES string of the molecule is CC(C)=CCN1CCC(NC(=O)c2cnn(-c3ccccc3F)c2-n2cccc2)CC1. The van der Waals surface area contributed by atoms with Crippen LogP contribution in [0.4, 0.5) is 4.39 Å². The first-order valence-corrected chi connectivity index (χ1v) is 10.7. The zero-order valence-corrected chi connectivity index (χ0v) is 18.0. The second-order valence-electron chi connectivity index (χ2n) is 8.17. The number of piperidine rings is 1. The number of halogens is 1. The molecule has 0 unspecified atom stereocenters. The fourth-order valence-corrected chi connectivity index (χ4v) is 3.86. The Kier molecular flexibility index (Phi) is 6.32. The van der Waals surface area contributed by atoms with Crippen molar-refractivity contribution in [2.45, 2.75) is 32.7 Å². The van der Waals surface area contributed by atoms with Crippen molar-refractivity contribution in [2.75, 3.05) is 19.6 Å². The van der Waals surface area contributed by atoms with Crippen molar-refractivity contribution in [3.63, 3.8) is 0 Å². The Balaban J connectivity index is 1.53. The zero-order chi connectivity index (χ0) is 21.8. The number of hydrogen-bond acceptors (Lipinski definition) is 3. The Bertz CT molecular complexity index is 1060. The summed E-state index contributed by atoms with van der Waals surface area (Å²) < 4.78 is 17.7. The van der Waals surface area contributed by atoms with E-state index in [0.717, 1.165) is 32.5 Å². The average Bonchev–Trinajstić information content (AvgIpc) is 3.43. The van der Waals surface area contributed by atoms with Crippen molar-refractivity contribution in [3.8, 4) is 11.5 Å². The van der Waals surface area contributed by atoms with E-state index in [1.807, 2.05) is 24.5 Å². The van der Waals surface area contributed by atoms with Crippen molar-refractivity contribution in [2.24, 2.45) is 0 Å². The lowest BCUT2D eigenvalue weighted by atomic mass is 10.0. The molecule has 0 atom stereocenters. The molecule has 0 aliphatic carbocycles. The molecule has 7 heteroatoms. The minimum absolute atomic E-state index is 0.116. The molecule has 0 radical (unpaired) electrons. The van der Waals surface area contributed by atoms with Gasteiger partial charge in [0.25, 0.3) is 5.91 Å². The molecule has 0 saturated carbocycles. The number of allylic oxidation sites excluding steroid dienone is 1. The number of nitrogens with zero attached hydrogens (tertiary/aromatic N) is 4. The minimum Gasteiger partial charge on any atom is -0.349 e. The molecule has 1 aliphatic heterocycles. The van der Waals surface area contributed by atoms with Gasteiger partial charge in [0.1, 0.15) is 17.1 Å². The molecule has 31 heavy (non-hydrogen) atoms. The summed E-state index contributed by atoms with van der Waals surface area (Å²) in [5, 5.41) is 7.51. The number of rotatable bonds is 6. The van der Waals surface area contributed by atoms with Gasteiger partial charge >= 0.3 is 0 Å². The van der Waals surface area contributed by atoms with Crippen LogP contribution in [0.2, 0.25) is 0 Å². The first-order chi connectivity index (χ1) is 15.0. The van der Waals surface area contributed by atoms with Crippen LogP contribution in [-0.4, -0.2) is 50.8 Å². The fourth-order valence-electron chi connectivity index (χ4n) is 3.86. The maximum atomic E-state index is 14.5. The first kappa shape index (κ1) is 21.1. The van der Waals surface area contributed by atoms with Crippen LogP contribution in [0.25, 0.3) is 11.5 Å². The molecule has 162 valence electrons. The largest absolute Gasteiger partial charge is 0.349 e. The van der Waals surface area contributed by atoms with E-state index in [-0.39, 0.29) is 11.9 Å². The maximum absolute atomic E-state index is 14.5. The summed E-state index contributed by atoms with van der Waals surface area (Å²) >= 11 is 0. The number of benzene rings is 1. The minimum atomic E-state index is -0.394. The van der Waals surface area contributed by atoms with E-state index in [2.05, 4.69) is 35.2 Å². The fraction of sp³-hybridized carbons (Fsp3) is 0.333. The number of hydrogen-bond donors (Lipinski definition) is 1. The highest BCUT2D eigenvalue weighted by Crippen LogP contribution is 2.22. The Morgan fingerprint density at radius 3 is 2.55 bits per heavy atom. The van der Waals surface area contributed by atoms with Crippen molar-refractivity contribution < 1.29 is 9.18 Å². The molecular formula is C24H28FN5O. The van der Waals surface area contributed by atoms with Gasteiger partial charge in [-0.15, -0.1) is 0 Å². The third kappa shape index (κ3) is 4.77. The Labute approximate surface area is 182 Å². The number of carbonyl (C=O) groups excluding carboxylic acids is 1. The summed E-state index contributed by atoms with van der Waals surface area (Å²) in [7, 11) is 0. The number of likely N-dealkylation sites (tertiary alicyclic amines) is 1. The molecule has 1 amide bonds. The van der Waals surface area contributed by atoms with Crippen LogP contribution < -0.4 is 5.32 Å². The highest BCUT2D eigenvalue weighted by molar-refractivity contribution is 5.97. The van der Waals surface area contributed by atoms with Gasteiger partial charge in [0.2, 0.25) is 0 Å². The van der Waals surface area contributed by atoms with Crippen LogP contribution in [0, 0.1) is 5.82 Å². The van der Waals surface area contributed by atoms with Crippen LogP contribution >= 0.6 is 0 Å². The number of carbonyl (C=O) groups is 1. The van der Waals surface area contributed by atoms with Gasteiger partial charge in [-0.3, -0.25) is 9.69 Å². The molecule has 6 nitrogen and oxygen atoms in total. The molecule has 2 aromatic heterocycles. The van der Waals surface area contributed by atoms with Crippen LogP contribution in [0.3, 0.4) is 0 Å². The molecular weight excluding hydrogens is 393 g/mol. The average molecular weight is 422 g/mol. The quantitative estimate of drug-likeness (QED) is 0.613. The smallest absolute Gasteiger partial charge is 0.256 e. The van der Waals surface area contributed by atoms with Gasteiger partial charge in [-0.1, -0.05) is 23.8 Å². The first-order valence-electron chi connectivity index (χ1n) is 10.7. The number of aromatic nitrogens is 3. The lowest BCUT2D eigenvalue weighted by molar-refractivity contribution is 0.0914. The summed E-state index contributed by atoms with van der Waals surface area (Å²) in [6, 6.07) is 10.3. The summed E-state index contributed by atoms with van der Waals surface area (Å²) in [6.07, 6.45) is 9.21. The molecule has 3 aromatic rings. The molecule has 1 aromatic carbocycles. The molecule has 3 heterocycles. The van der Waals surface area contributed by atoms with Crippen LogP contribution in [-0.2, 0) is 0 Å². The molecule has 0 bridgehead atoms. The standard InChI is InChI=1S/C24H28FN5O/c1-18(2)9-14-28-15-10-19(11-16-28)27-23(31)20-17-26-30(22-8-4-3-7-21(22)25)24(20)29-12-5-6-13-29/h3-9,12-13,17,19H,10-11,14-16H2,1-2H3,(H,27,31). The van der Waals surface area contributed by atoms with Gasteiger partial charge in [0.05, 0.1) is 6.20 Å². The van der Waals surface area contributed by atoms with E-state index in [1.54, 1.807) is 22.8 Å². The Morgan fingerprint density at radius 2 is 1.87 bits per heavy atom. The lowest BCUT2D eigenvalue weighted by Crippen LogP contribution is -2.44. The number of nitrogens with one attached hydrogen (secondary N) is 1. The second-order valence-corrected chi connectivity index (χ2v) is 8.17. The van der Waals surface area contributed by atoms with Crippen molar-refractivity contribution in [3.05, 3.63) is 78.0 Å². The van der Waals surface area contributed by atoms with E-state index in [4.69, 9.17) is 0 Å². The van der Waals surface area contributed by atoms with E-state index in [1.165, 1.54) is 22.5 Å². The molecule has 1 aliphatic rings. The summed E-state index contributed by atoms with van der Waals surface area (Å²) in [5.41, 5.74) is 2.05. The topological polar surface area (TPSA) is 55.1 Å². The molecule has 4 rings (SSSR count). The van der Waals surface area contributed by atoms with Gasteiger partial charge in [0.15, 0.2) is 5.82 Å². The van der Waals surface area contributed by atoms with Gasteiger partial charge in [-0.05, 0) is 51.0 Å². The third-order valence-corrected chi connectivity index (χ3v) is 5.60. The van der Waals surface area contributed by atoms with Crippen molar-refractivity contribution in [1.82, 2.24) is 24.6 Å². The van der Waals surface area contributed by atoms with Gasteiger partial charge in [-0.2, -0.15) is 5.10 Å². The normalized spacial score (nSPS) is 15.1.